The fraction of sp³-hybridized carbons (Fsp3) is 0.0870. The number of hydrogen-bond acceptors (Lipinski definition) is 7. The number of nitro benzene ring substituents is 1. The van der Waals surface area contributed by atoms with Crippen LogP contribution in [-0.2, 0) is 4.79 Å². The second-order valence-electron chi connectivity index (χ2n) is 6.77. The van der Waals surface area contributed by atoms with Gasteiger partial charge in [0.2, 0.25) is 0 Å². The van der Waals surface area contributed by atoms with Gasteiger partial charge in [0.1, 0.15) is 11.5 Å². The summed E-state index contributed by atoms with van der Waals surface area (Å²) < 4.78 is 11.5. The van der Waals surface area contributed by atoms with Crippen molar-refractivity contribution in [1.29, 1.82) is 0 Å². The highest BCUT2D eigenvalue weighted by Crippen LogP contribution is 2.23. The predicted octanol–water partition coefficient (Wildman–Crippen LogP) is 4.41. The Kier molecular flexibility index (Phi) is 7.87. The molecule has 0 spiro atoms. The first kappa shape index (κ1) is 23.6. The zero-order valence-electron chi connectivity index (χ0n) is 17.4. The largest absolute Gasteiger partial charge is 0.484 e. The van der Waals surface area contributed by atoms with E-state index in [1.165, 1.54) is 30.5 Å². The molecule has 0 radical (unpaired) electrons. The second-order valence-corrected chi connectivity index (χ2v) is 7.69. The Balaban J connectivity index is 1.59. The van der Waals surface area contributed by atoms with E-state index in [1.807, 2.05) is 19.1 Å². The minimum absolute atomic E-state index is 0.0793. The lowest BCUT2D eigenvalue weighted by molar-refractivity contribution is -0.384. The van der Waals surface area contributed by atoms with Gasteiger partial charge in [0, 0.05) is 22.2 Å². The molecule has 33 heavy (non-hydrogen) atoms. The molecule has 0 unspecified atom stereocenters. The van der Waals surface area contributed by atoms with Gasteiger partial charge in [-0.3, -0.25) is 14.9 Å². The number of non-ortho nitro benzene ring substituents is 1. The molecule has 0 aliphatic rings. The highest BCUT2D eigenvalue weighted by Gasteiger charge is 2.12. The molecule has 0 aliphatic carbocycles. The number of nitrogens with one attached hydrogen (secondary N) is 1. The van der Waals surface area contributed by atoms with Crippen molar-refractivity contribution >= 4 is 39.7 Å². The number of benzene rings is 3. The van der Waals surface area contributed by atoms with Crippen LogP contribution in [0.15, 0.2) is 76.3 Å². The van der Waals surface area contributed by atoms with Crippen LogP contribution in [0.25, 0.3) is 0 Å². The Bertz CT molecular complexity index is 1190. The fourth-order valence-electron chi connectivity index (χ4n) is 2.58. The summed E-state index contributed by atoms with van der Waals surface area (Å²) in [5.74, 6) is -0.494. The van der Waals surface area contributed by atoms with Gasteiger partial charge in [-0.25, -0.2) is 10.2 Å². The number of nitro groups is 1. The van der Waals surface area contributed by atoms with Crippen molar-refractivity contribution in [3.63, 3.8) is 0 Å². The molecular weight excluding hydrogens is 494 g/mol. The van der Waals surface area contributed by atoms with Crippen LogP contribution in [-0.4, -0.2) is 29.6 Å². The number of nitrogens with zero attached hydrogens (tertiary/aromatic N) is 2. The molecule has 3 aromatic rings. The van der Waals surface area contributed by atoms with E-state index in [4.69, 9.17) is 9.47 Å². The van der Waals surface area contributed by atoms with Crippen molar-refractivity contribution in [3.05, 3.63) is 98.0 Å². The van der Waals surface area contributed by atoms with E-state index in [9.17, 15) is 19.7 Å². The first-order chi connectivity index (χ1) is 15.8. The third-order valence-corrected chi connectivity index (χ3v) is 4.77. The van der Waals surface area contributed by atoms with Crippen LogP contribution in [0.2, 0.25) is 0 Å². The number of carbonyl (C=O) groups is 2. The molecular formula is C23H18BrN3O6. The number of hydrogen-bond donors (Lipinski definition) is 1. The summed E-state index contributed by atoms with van der Waals surface area (Å²) in [6.07, 6.45) is 1.34. The van der Waals surface area contributed by atoms with Crippen LogP contribution in [0.5, 0.6) is 11.5 Å². The second kappa shape index (κ2) is 11.0. The zero-order valence-corrected chi connectivity index (χ0v) is 18.9. The van der Waals surface area contributed by atoms with E-state index in [-0.39, 0.29) is 18.0 Å². The number of rotatable bonds is 8. The van der Waals surface area contributed by atoms with Gasteiger partial charge in [-0.05, 0) is 49.4 Å². The average molecular weight is 512 g/mol. The van der Waals surface area contributed by atoms with Gasteiger partial charge in [-0.15, -0.1) is 0 Å². The molecule has 3 aromatic carbocycles. The van der Waals surface area contributed by atoms with Gasteiger partial charge in [0.25, 0.3) is 11.6 Å². The molecule has 0 aliphatic heterocycles. The van der Waals surface area contributed by atoms with Gasteiger partial charge >= 0.3 is 5.97 Å². The molecule has 0 bridgehead atoms. The van der Waals surface area contributed by atoms with Crippen molar-refractivity contribution in [2.45, 2.75) is 6.92 Å². The van der Waals surface area contributed by atoms with Crippen LogP contribution >= 0.6 is 15.9 Å². The lowest BCUT2D eigenvalue weighted by Crippen LogP contribution is -2.24. The normalized spacial score (nSPS) is 10.6. The molecule has 168 valence electrons. The maximum absolute atomic E-state index is 12.4. The summed E-state index contributed by atoms with van der Waals surface area (Å²) in [4.78, 5) is 34.5. The Morgan fingerprint density at radius 3 is 2.45 bits per heavy atom. The van der Waals surface area contributed by atoms with E-state index in [2.05, 4.69) is 26.5 Å². The smallest absolute Gasteiger partial charge is 0.343 e. The van der Waals surface area contributed by atoms with E-state index in [0.29, 0.717) is 16.9 Å². The van der Waals surface area contributed by atoms with Crippen molar-refractivity contribution in [2.75, 3.05) is 6.61 Å². The van der Waals surface area contributed by atoms with Gasteiger partial charge in [-0.2, -0.15) is 5.10 Å². The Morgan fingerprint density at radius 2 is 1.79 bits per heavy atom. The summed E-state index contributed by atoms with van der Waals surface area (Å²) >= 11 is 3.35. The van der Waals surface area contributed by atoms with E-state index >= 15 is 0 Å². The highest BCUT2D eigenvalue weighted by molar-refractivity contribution is 9.10. The molecule has 0 saturated carbocycles. The Morgan fingerprint density at radius 1 is 1.09 bits per heavy atom. The maximum atomic E-state index is 12.4. The molecule has 0 heterocycles. The quantitative estimate of drug-likeness (QED) is 0.157. The standard InChI is InChI=1S/C23H18BrN3O6/c1-15-2-4-16(5-3-15)23(29)33-21-11-6-18(24)12-17(21)13-25-26-22(28)14-32-20-9-7-19(8-10-20)27(30)31/h2-13H,14H2,1H3,(H,26,28). The number of aryl methyl sites for hydroxylation is 1. The molecule has 0 aromatic heterocycles. The third kappa shape index (κ3) is 6.97. The molecule has 1 N–H and O–H groups in total. The SMILES string of the molecule is Cc1ccc(C(=O)Oc2ccc(Br)cc2C=NNC(=O)COc2ccc([N+](=O)[O-])cc2)cc1. The summed E-state index contributed by atoms with van der Waals surface area (Å²) in [7, 11) is 0. The predicted molar refractivity (Wildman–Crippen MR) is 125 cm³/mol. The minimum Gasteiger partial charge on any atom is -0.484 e. The van der Waals surface area contributed by atoms with Crippen molar-refractivity contribution in [1.82, 2.24) is 5.43 Å². The van der Waals surface area contributed by atoms with E-state index in [0.717, 1.165) is 10.0 Å². The molecule has 0 atom stereocenters. The lowest BCUT2D eigenvalue weighted by atomic mass is 10.1. The van der Waals surface area contributed by atoms with Crippen molar-refractivity contribution in [3.8, 4) is 11.5 Å². The van der Waals surface area contributed by atoms with E-state index in [1.54, 1.807) is 30.3 Å². The topological polar surface area (TPSA) is 120 Å². The molecule has 9 nitrogen and oxygen atoms in total. The third-order valence-electron chi connectivity index (χ3n) is 4.27. The van der Waals surface area contributed by atoms with Gasteiger partial charge in [-0.1, -0.05) is 33.6 Å². The number of halogens is 1. The van der Waals surface area contributed by atoms with Crippen LogP contribution in [0.3, 0.4) is 0 Å². The van der Waals surface area contributed by atoms with Gasteiger partial charge in [0.15, 0.2) is 6.61 Å². The number of carbonyl (C=O) groups excluding carboxylic acids is 2. The van der Waals surface area contributed by atoms with Crippen LogP contribution < -0.4 is 14.9 Å². The van der Waals surface area contributed by atoms with Crippen LogP contribution in [0, 0.1) is 17.0 Å². The van der Waals surface area contributed by atoms with E-state index < -0.39 is 16.8 Å². The minimum atomic E-state index is -0.544. The first-order valence-corrected chi connectivity index (χ1v) is 10.4. The van der Waals surface area contributed by atoms with Crippen LogP contribution in [0.1, 0.15) is 21.5 Å². The summed E-state index contributed by atoms with van der Waals surface area (Å²) in [5.41, 5.74) is 4.12. The number of esters is 1. The number of hydrazone groups is 1. The molecule has 0 fully saturated rings. The number of amides is 1. The van der Waals surface area contributed by atoms with Gasteiger partial charge < -0.3 is 9.47 Å². The lowest BCUT2D eigenvalue weighted by Gasteiger charge is -2.08. The summed E-state index contributed by atoms with van der Waals surface area (Å²) in [6, 6.07) is 17.3. The fourth-order valence-corrected chi connectivity index (χ4v) is 2.96. The first-order valence-electron chi connectivity index (χ1n) is 9.59. The van der Waals surface area contributed by atoms with Crippen LogP contribution in [0.4, 0.5) is 5.69 Å². The highest BCUT2D eigenvalue weighted by atomic mass is 79.9. The Labute approximate surface area is 197 Å². The van der Waals surface area contributed by atoms with Crippen molar-refractivity contribution in [2.24, 2.45) is 5.10 Å². The zero-order chi connectivity index (χ0) is 23.8. The number of ether oxygens (including phenoxy) is 2. The monoisotopic (exact) mass is 511 g/mol. The molecule has 10 heteroatoms. The molecule has 3 rings (SSSR count). The summed E-state index contributed by atoms with van der Waals surface area (Å²) in [5, 5.41) is 14.5. The Hall–Kier alpha value is -4.05. The molecule has 1 amide bonds. The molecule has 0 saturated heterocycles. The van der Waals surface area contributed by atoms with Gasteiger partial charge in [0.05, 0.1) is 16.7 Å². The summed E-state index contributed by atoms with van der Waals surface area (Å²) in [6.45, 7) is 1.58. The van der Waals surface area contributed by atoms with Crippen molar-refractivity contribution < 1.29 is 24.0 Å². The maximum Gasteiger partial charge on any atom is 0.343 e. The average Bonchev–Trinajstić information content (AvgIpc) is 2.80.